The van der Waals surface area contributed by atoms with E-state index in [0.717, 1.165) is 11.3 Å². The Labute approximate surface area is 129 Å². The number of nitrogens with zero attached hydrogens (tertiary/aromatic N) is 5. The second kappa shape index (κ2) is 5.37. The highest BCUT2D eigenvalue weighted by atomic mass is 16.1. The molecule has 0 aliphatic carbocycles. The number of aromatic amines is 2. The Morgan fingerprint density at radius 3 is 2.87 bits per heavy atom. The third kappa shape index (κ3) is 2.55. The Morgan fingerprint density at radius 1 is 1.22 bits per heavy atom. The van der Waals surface area contributed by atoms with E-state index >= 15 is 0 Å². The summed E-state index contributed by atoms with van der Waals surface area (Å²) in [6, 6.07) is 11.7. The van der Waals surface area contributed by atoms with E-state index in [9.17, 15) is 4.79 Å². The molecule has 23 heavy (non-hydrogen) atoms. The zero-order chi connectivity index (χ0) is 15.6. The fourth-order valence-electron chi connectivity index (χ4n) is 2.26. The van der Waals surface area contributed by atoms with Gasteiger partial charge in [0.2, 0.25) is 0 Å². The van der Waals surface area contributed by atoms with Crippen molar-refractivity contribution < 1.29 is 0 Å². The van der Waals surface area contributed by atoms with Crippen molar-refractivity contribution in [3.63, 3.8) is 0 Å². The SMILES string of the molecule is O=c1[nH]nc(CNc2cc(-c3ccccc3)nc3ncnn23)[nH]1. The predicted molar refractivity (Wildman–Crippen MR) is 82.8 cm³/mol. The fourth-order valence-corrected chi connectivity index (χ4v) is 2.26. The van der Waals surface area contributed by atoms with Crippen molar-refractivity contribution in [2.24, 2.45) is 0 Å². The third-order valence-electron chi connectivity index (χ3n) is 3.31. The van der Waals surface area contributed by atoms with Gasteiger partial charge in [0.25, 0.3) is 5.78 Å². The highest BCUT2D eigenvalue weighted by Gasteiger charge is 2.09. The molecule has 0 unspecified atom stereocenters. The van der Waals surface area contributed by atoms with Crippen molar-refractivity contribution in [1.82, 2.24) is 34.8 Å². The van der Waals surface area contributed by atoms with Gasteiger partial charge in [0.1, 0.15) is 18.0 Å². The second-order valence-corrected chi connectivity index (χ2v) is 4.84. The summed E-state index contributed by atoms with van der Waals surface area (Å²) in [7, 11) is 0. The molecule has 0 saturated carbocycles. The van der Waals surface area contributed by atoms with Crippen molar-refractivity contribution in [3.05, 3.63) is 59.0 Å². The minimum Gasteiger partial charge on any atom is -0.363 e. The van der Waals surface area contributed by atoms with Crippen LogP contribution in [0.5, 0.6) is 0 Å². The van der Waals surface area contributed by atoms with Gasteiger partial charge in [0.15, 0.2) is 0 Å². The van der Waals surface area contributed by atoms with Gasteiger partial charge in [-0.25, -0.2) is 14.9 Å². The number of fused-ring (bicyclic) bond motifs is 1. The first-order chi connectivity index (χ1) is 11.3. The molecule has 0 amide bonds. The molecule has 0 bridgehead atoms. The lowest BCUT2D eigenvalue weighted by molar-refractivity contribution is 0.898. The molecule has 9 heteroatoms. The lowest BCUT2D eigenvalue weighted by Gasteiger charge is -2.08. The van der Waals surface area contributed by atoms with Crippen molar-refractivity contribution in [3.8, 4) is 11.3 Å². The van der Waals surface area contributed by atoms with E-state index in [2.05, 4.69) is 35.6 Å². The summed E-state index contributed by atoms with van der Waals surface area (Å²) in [6.07, 6.45) is 1.44. The Bertz CT molecular complexity index is 1000. The number of aromatic nitrogens is 7. The molecule has 0 saturated heterocycles. The molecule has 3 aromatic heterocycles. The van der Waals surface area contributed by atoms with Crippen LogP contribution in [-0.4, -0.2) is 34.8 Å². The number of benzene rings is 1. The molecule has 0 radical (unpaired) electrons. The molecule has 0 aliphatic rings. The largest absolute Gasteiger partial charge is 0.363 e. The zero-order valence-electron chi connectivity index (χ0n) is 11.9. The van der Waals surface area contributed by atoms with Crippen molar-refractivity contribution in [2.75, 3.05) is 5.32 Å². The molecular weight excluding hydrogens is 296 g/mol. The van der Waals surface area contributed by atoms with E-state index in [1.54, 1.807) is 4.52 Å². The standard InChI is InChI=1S/C14H12N8O/c23-14-19-11(20-21-14)7-15-12-6-10(9-4-2-1-3-5-9)18-13-16-8-17-22(12)13/h1-6,8,15H,7H2,(H2,19,20,21,23). The molecule has 9 nitrogen and oxygen atoms in total. The number of hydrogen-bond donors (Lipinski definition) is 3. The van der Waals surface area contributed by atoms with Gasteiger partial charge in [-0.2, -0.15) is 19.7 Å². The average molecular weight is 308 g/mol. The number of nitrogens with one attached hydrogen (secondary N) is 3. The lowest BCUT2D eigenvalue weighted by atomic mass is 10.1. The summed E-state index contributed by atoms with van der Waals surface area (Å²) in [5, 5.41) is 13.5. The summed E-state index contributed by atoms with van der Waals surface area (Å²) in [6.45, 7) is 0.339. The summed E-state index contributed by atoms with van der Waals surface area (Å²) < 4.78 is 1.59. The molecule has 0 fully saturated rings. The number of anilines is 1. The summed E-state index contributed by atoms with van der Waals surface area (Å²) in [5.41, 5.74) is 1.42. The molecule has 3 heterocycles. The van der Waals surface area contributed by atoms with Crippen LogP contribution in [0, 0.1) is 0 Å². The van der Waals surface area contributed by atoms with E-state index < -0.39 is 0 Å². The van der Waals surface area contributed by atoms with Crippen molar-refractivity contribution in [2.45, 2.75) is 6.54 Å². The van der Waals surface area contributed by atoms with E-state index in [-0.39, 0.29) is 5.69 Å². The molecule has 3 N–H and O–H groups in total. The third-order valence-corrected chi connectivity index (χ3v) is 3.31. The molecule has 4 rings (SSSR count). The topological polar surface area (TPSA) is 117 Å². The van der Waals surface area contributed by atoms with Crippen molar-refractivity contribution in [1.29, 1.82) is 0 Å². The Kier molecular flexibility index (Phi) is 3.08. The van der Waals surface area contributed by atoms with Gasteiger partial charge in [0, 0.05) is 11.6 Å². The fraction of sp³-hybridized carbons (Fsp3) is 0.0714. The van der Waals surface area contributed by atoms with Crippen LogP contribution in [-0.2, 0) is 6.54 Å². The maximum Gasteiger partial charge on any atom is 0.340 e. The van der Waals surface area contributed by atoms with E-state index in [1.807, 2.05) is 36.4 Å². The van der Waals surface area contributed by atoms with Gasteiger partial charge in [0.05, 0.1) is 12.2 Å². The quantitative estimate of drug-likeness (QED) is 0.514. The van der Waals surface area contributed by atoms with Crippen molar-refractivity contribution >= 4 is 11.6 Å². The summed E-state index contributed by atoms with van der Waals surface area (Å²) in [4.78, 5) is 22.3. The van der Waals surface area contributed by atoms with Crippen LogP contribution in [0.15, 0.2) is 47.5 Å². The number of rotatable bonds is 4. The number of H-pyrrole nitrogens is 2. The molecule has 0 atom stereocenters. The van der Waals surface area contributed by atoms with Gasteiger partial charge in [-0.15, -0.1) is 0 Å². The second-order valence-electron chi connectivity index (χ2n) is 4.84. The molecule has 0 spiro atoms. The van der Waals surface area contributed by atoms with Gasteiger partial charge >= 0.3 is 5.69 Å². The van der Waals surface area contributed by atoms with Crippen LogP contribution >= 0.6 is 0 Å². The van der Waals surface area contributed by atoms with Gasteiger partial charge < -0.3 is 5.32 Å². The first kappa shape index (κ1) is 13.2. The van der Waals surface area contributed by atoms with E-state index in [0.29, 0.717) is 24.0 Å². The van der Waals surface area contributed by atoms with Crippen LogP contribution < -0.4 is 11.0 Å². The smallest absolute Gasteiger partial charge is 0.340 e. The first-order valence-electron chi connectivity index (χ1n) is 6.93. The van der Waals surface area contributed by atoms with Crippen LogP contribution in [0.1, 0.15) is 5.82 Å². The normalized spacial score (nSPS) is 11.0. The number of hydrogen-bond acceptors (Lipinski definition) is 6. The molecule has 4 aromatic rings. The minimum atomic E-state index is -0.340. The molecule has 1 aromatic carbocycles. The summed E-state index contributed by atoms with van der Waals surface area (Å²) in [5.74, 6) is 1.70. The van der Waals surface area contributed by atoms with E-state index in [1.165, 1.54) is 6.33 Å². The Morgan fingerprint density at radius 2 is 2.09 bits per heavy atom. The van der Waals surface area contributed by atoms with E-state index in [4.69, 9.17) is 0 Å². The minimum absolute atomic E-state index is 0.339. The molecule has 114 valence electrons. The maximum atomic E-state index is 11.1. The zero-order valence-corrected chi connectivity index (χ0v) is 11.9. The predicted octanol–water partition coefficient (Wildman–Crippen LogP) is 0.815. The lowest BCUT2D eigenvalue weighted by Crippen LogP contribution is -2.09. The highest BCUT2D eigenvalue weighted by Crippen LogP contribution is 2.21. The van der Waals surface area contributed by atoms with Crippen LogP contribution in [0.25, 0.3) is 17.0 Å². The first-order valence-corrected chi connectivity index (χ1v) is 6.93. The average Bonchev–Trinajstić information content (AvgIpc) is 3.22. The highest BCUT2D eigenvalue weighted by molar-refractivity contribution is 5.65. The van der Waals surface area contributed by atoms with Gasteiger partial charge in [-0.3, -0.25) is 4.98 Å². The van der Waals surface area contributed by atoms with Crippen LogP contribution in [0.4, 0.5) is 5.82 Å². The Balaban J connectivity index is 1.72. The van der Waals surface area contributed by atoms with Crippen LogP contribution in [0.3, 0.4) is 0 Å². The van der Waals surface area contributed by atoms with Gasteiger partial charge in [-0.05, 0) is 0 Å². The maximum absolute atomic E-state index is 11.1. The summed E-state index contributed by atoms with van der Waals surface area (Å²) >= 11 is 0. The molecule has 0 aliphatic heterocycles. The van der Waals surface area contributed by atoms with Crippen LogP contribution in [0.2, 0.25) is 0 Å². The Hall–Kier alpha value is -3.49. The monoisotopic (exact) mass is 308 g/mol. The molecular formula is C14H12N8O. The van der Waals surface area contributed by atoms with Gasteiger partial charge in [-0.1, -0.05) is 30.3 Å².